The van der Waals surface area contributed by atoms with Crippen LogP contribution in [0.5, 0.6) is 0 Å². The average Bonchev–Trinajstić information content (AvgIpc) is 2.65. The van der Waals surface area contributed by atoms with Gasteiger partial charge in [0.05, 0.1) is 5.56 Å². The summed E-state index contributed by atoms with van der Waals surface area (Å²) in [7, 11) is 0. The van der Waals surface area contributed by atoms with Gasteiger partial charge in [-0.05, 0) is 61.9 Å². The van der Waals surface area contributed by atoms with Crippen molar-refractivity contribution in [3.05, 3.63) is 70.4 Å². The van der Waals surface area contributed by atoms with E-state index in [1.165, 1.54) is 0 Å². The quantitative estimate of drug-likeness (QED) is 0.589. The zero-order valence-electron chi connectivity index (χ0n) is 15.2. The molecule has 0 amide bonds. The molecular weight excluding hydrogens is 362 g/mol. The van der Waals surface area contributed by atoms with Crippen LogP contribution < -0.4 is 5.32 Å². The van der Waals surface area contributed by atoms with Gasteiger partial charge in [0.2, 0.25) is 0 Å². The predicted octanol–water partition coefficient (Wildman–Crippen LogP) is 5.50. The fourth-order valence-corrected chi connectivity index (χ4v) is 2.94. The van der Waals surface area contributed by atoms with Gasteiger partial charge in [0.1, 0.15) is 5.82 Å². The highest BCUT2D eigenvalue weighted by atomic mass is 35.5. The molecule has 5 nitrogen and oxygen atoms in total. The van der Waals surface area contributed by atoms with Crippen molar-refractivity contribution in [1.29, 1.82) is 0 Å². The molecule has 0 aliphatic rings. The molecule has 2 N–H and O–H groups in total. The molecule has 0 unspecified atom stereocenters. The zero-order chi connectivity index (χ0) is 19.4. The summed E-state index contributed by atoms with van der Waals surface area (Å²) in [6.45, 7) is 4.09. The molecule has 138 valence electrons. The molecule has 0 saturated heterocycles. The number of nitrogens with zero attached hydrogens (tertiary/aromatic N) is 2. The molecule has 0 bridgehead atoms. The van der Waals surface area contributed by atoms with Gasteiger partial charge in [-0.2, -0.15) is 0 Å². The van der Waals surface area contributed by atoms with Gasteiger partial charge in [-0.3, -0.25) is 0 Å². The average molecular weight is 382 g/mol. The van der Waals surface area contributed by atoms with Gasteiger partial charge in [0.25, 0.3) is 0 Å². The molecule has 3 rings (SSSR count). The fraction of sp³-hybridized carbons (Fsp3) is 0.190. The van der Waals surface area contributed by atoms with Crippen LogP contribution in [0.4, 0.5) is 11.5 Å². The van der Waals surface area contributed by atoms with E-state index in [9.17, 15) is 4.79 Å². The topological polar surface area (TPSA) is 75.1 Å². The number of benzene rings is 2. The van der Waals surface area contributed by atoms with Gasteiger partial charge in [-0.25, -0.2) is 14.8 Å². The summed E-state index contributed by atoms with van der Waals surface area (Å²) in [6, 6.07) is 14.0. The monoisotopic (exact) mass is 381 g/mol. The number of carbonyl (C=O) groups is 1. The molecule has 1 aromatic heterocycles. The summed E-state index contributed by atoms with van der Waals surface area (Å²) < 4.78 is 0. The number of aromatic nitrogens is 2. The third-order valence-corrected chi connectivity index (χ3v) is 4.46. The Hall–Kier alpha value is -2.92. The standard InChI is InChI=1S/C21H20ClN3O2/c1-3-4-18-13(2)23-19(14-5-9-16(22)10-6-14)25-20(18)24-17-11-7-15(8-12-17)21(26)27/h5-12H,3-4H2,1-2H3,(H,26,27)(H,23,24,25). The van der Waals surface area contributed by atoms with Crippen molar-refractivity contribution in [2.45, 2.75) is 26.7 Å². The van der Waals surface area contributed by atoms with E-state index in [0.29, 0.717) is 10.8 Å². The van der Waals surface area contributed by atoms with E-state index in [0.717, 1.165) is 41.2 Å². The van der Waals surface area contributed by atoms with Crippen molar-refractivity contribution in [3.63, 3.8) is 0 Å². The molecule has 0 spiro atoms. The van der Waals surface area contributed by atoms with Crippen LogP contribution in [0.2, 0.25) is 5.02 Å². The van der Waals surface area contributed by atoms with Gasteiger partial charge in [-0.1, -0.05) is 24.9 Å². The number of halogens is 1. The smallest absolute Gasteiger partial charge is 0.335 e. The number of rotatable bonds is 6. The van der Waals surface area contributed by atoms with E-state index in [-0.39, 0.29) is 5.56 Å². The van der Waals surface area contributed by atoms with E-state index in [1.54, 1.807) is 24.3 Å². The lowest BCUT2D eigenvalue weighted by Gasteiger charge is -2.15. The van der Waals surface area contributed by atoms with Gasteiger partial charge in [0, 0.05) is 27.5 Å². The highest BCUT2D eigenvalue weighted by Crippen LogP contribution is 2.27. The van der Waals surface area contributed by atoms with Gasteiger partial charge in [-0.15, -0.1) is 0 Å². The van der Waals surface area contributed by atoms with E-state index >= 15 is 0 Å². The molecule has 2 aromatic carbocycles. The Bertz CT molecular complexity index is 954. The van der Waals surface area contributed by atoms with E-state index in [2.05, 4.69) is 17.2 Å². The predicted molar refractivity (Wildman–Crippen MR) is 108 cm³/mol. The Balaban J connectivity index is 2.00. The zero-order valence-corrected chi connectivity index (χ0v) is 15.9. The van der Waals surface area contributed by atoms with E-state index < -0.39 is 5.97 Å². The summed E-state index contributed by atoms with van der Waals surface area (Å²) in [6.07, 6.45) is 1.82. The number of anilines is 2. The number of carboxylic acids is 1. The lowest BCUT2D eigenvalue weighted by atomic mass is 10.1. The molecule has 1 heterocycles. The first kappa shape index (κ1) is 18.9. The SMILES string of the molecule is CCCc1c(C)nc(-c2ccc(Cl)cc2)nc1Nc1ccc(C(=O)O)cc1. The summed E-state index contributed by atoms with van der Waals surface area (Å²) in [5.41, 5.74) is 3.88. The second kappa shape index (κ2) is 8.18. The Morgan fingerprint density at radius 3 is 2.33 bits per heavy atom. The van der Waals surface area contributed by atoms with Crippen LogP contribution in [0.15, 0.2) is 48.5 Å². The van der Waals surface area contributed by atoms with Gasteiger partial charge < -0.3 is 10.4 Å². The molecule has 0 aliphatic heterocycles. The molecule has 27 heavy (non-hydrogen) atoms. The highest BCUT2D eigenvalue weighted by molar-refractivity contribution is 6.30. The maximum Gasteiger partial charge on any atom is 0.335 e. The number of carboxylic acid groups (broad SMARTS) is 1. The molecule has 0 fully saturated rings. The van der Waals surface area contributed by atoms with Crippen molar-refractivity contribution in [2.24, 2.45) is 0 Å². The minimum atomic E-state index is -0.948. The second-order valence-electron chi connectivity index (χ2n) is 6.22. The number of aryl methyl sites for hydroxylation is 1. The second-order valence-corrected chi connectivity index (χ2v) is 6.66. The Kier molecular flexibility index (Phi) is 5.72. The molecule has 0 aliphatic carbocycles. The fourth-order valence-electron chi connectivity index (χ4n) is 2.81. The lowest BCUT2D eigenvalue weighted by molar-refractivity contribution is 0.0697. The van der Waals surface area contributed by atoms with Crippen LogP contribution in [-0.2, 0) is 6.42 Å². The number of hydrogen-bond donors (Lipinski definition) is 2. The molecule has 0 saturated carbocycles. The van der Waals surface area contributed by atoms with Crippen LogP contribution in [0.25, 0.3) is 11.4 Å². The third kappa shape index (κ3) is 4.44. The molecule has 0 radical (unpaired) electrons. The summed E-state index contributed by atoms with van der Waals surface area (Å²) in [4.78, 5) is 20.4. The van der Waals surface area contributed by atoms with E-state index in [1.807, 2.05) is 31.2 Å². The largest absolute Gasteiger partial charge is 0.478 e. The van der Waals surface area contributed by atoms with Crippen LogP contribution in [-0.4, -0.2) is 21.0 Å². The minimum absolute atomic E-state index is 0.245. The lowest BCUT2D eigenvalue weighted by Crippen LogP contribution is -2.06. The minimum Gasteiger partial charge on any atom is -0.478 e. The Morgan fingerprint density at radius 2 is 1.74 bits per heavy atom. The molecule has 6 heteroatoms. The van der Waals surface area contributed by atoms with Gasteiger partial charge in [0.15, 0.2) is 5.82 Å². The van der Waals surface area contributed by atoms with Crippen molar-refractivity contribution < 1.29 is 9.90 Å². The summed E-state index contributed by atoms with van der Waals surface area (Å²) in [5, 5.41) is 13.0. The summed E-state index contributed by atoms with van der Waals surface area (Å²) >= 11 is 5.98. The summed E-state index contributed by atoms with van der Waals surface area (Å²) in [5.74, 6) is 0.405. The van der Waals surface area contributed by atoms with Crippen LogP contribution in [0.1, 0.15) is 35.0 Å². The normalized spacial score (nSPS) is 10.6. The first-order valence-electron chi connectivity index (χ1n) is 8.71. The first-order chi connectivity index (χ1) is 13.0. The van der Waals surface area contributed by atoms with Crippen molar-refractivity contribution in [2.75, 3.05) is 5.32 Å². The van der Waals surface area contributed by atoms with Gasteiger partial charge >= 0.3 is 5.97 Å². The maximum absolute atomic E-state index is 11.0. The maximum atomic E-state index is 11.0. The molecule has 3 aromatic rings. The van der Waals surface area contributed by atoms with Crippen LogP contribution >= 0.6 is 11.6 Å². The number of hydrogen-bond acceptors (Lipinski definition) is 4. The van der Waals surface area contributed by atoms with Crippen LogP contribution in [0.3, 0.4) is 0 Å². The van der Waals surface area contributed by atoms with E-state index in [4.69, 9.17) is 21.7 Å². The number of nitrogens with one attached hydrogen (secondary N) is 1. The molecule has 0 atom stereocenters. The number of aromatic carboxylic acids is 1. The molecular formula is C21H20ClN3O2. The third-order valence-electron chi connectivity index (χ3n) is 4.21. The highest BCUT2D eigenvalue weighted by Gasteiger charge is 2.13. The first-order valence-corrected chi connectivity index (χ1v) is 9.09. The Morgan fingerprint density at radius 1 is 1.07 bits per heavy atom. The Labute approximate surface area is 163 Å². The van der Waals surface area contributed by atoms with Crippen molar-refractivity contribution in [3.8, 4) is 11.4 Å². The van der Waals surface area contributed by atoms with Crippen LogP contribution in [0, 0.1) is 6.92 Å². The van der Waals surface area contributed by atoms with Crippen molar-refractivity contribution >= 4 is 29.1 Å². The van der Waals surface area contributed by atoms with Crippen molar-refractivity contribution in [1.82, 2.24) is 9.97 Å².